The molecular formula is C18H17Cl2N3O2S. The maximum atomic E-state index is 12.3. The highest BCUT2D eigenvalue weighted by Gasteiger charge is 2.13. The Morgan fingerprint density at radius 3 is 2.81 bits per heavy atom. The summed E-state index contributed by atoms with van der Waals surface area (Å²) in [6.45, 7) is 3.39. The Labute approximate surface area is 165 Å². The number of carbonyl (C=O) groups excluding carboxylic acids is 1. The zero-order valence-corrected chi connectivity index (χ0v) is 16.4. The standard InChI is InChI=1S/C18H17Cl2N3O2S/c1-2-23-16(15(20)8-22-23)9-21-18(24)17-7-12(11-26-17)10-25-14-5-3-13(19)4-6-14/h3-8,11H,2,9-10H2,1H3,(H,21,24). The highest BCUT2D eigenvalue weighted by molar-refractivity contribution is 7.12. The number of carbonyl (C=O) groups is 1. The Balaban J connectivity index is 1.55. The second-order valence-corrected chi connectivity index (χ2v) is 7.25. The molecule has 136 valence electrons. The topological polar surface area (TPSA) is 56.2 Å². The molecule has 0 bridgehead atoms. The number of aromatic nitrogens is 2. The lowest BCUT2D eigenvalue weighted by Crippen LogP contribution is -2.23. The van der Waals surface area contributed by atoms with E-state index in [1.54, 1.807) is 23.0 Å². The Morgan fingerprint density at radius 2 is 2.08 bits per heavy atom. The van der Waals surface area contributed by atoms with Crippen molar-refractivity contribution in [3.05, 3.63) is 68.1 Å². The second kappa shape index (κ2) is 8.58. The highest BCUT2D eigenvalue weighted by atomic mass is 35.5. The number of benzene rings is 1. The predicted molar refractivity (Wildman–Crippen MR) is 104 cm³/mol. The molecule has 0 aliphatic heterocycles. The van der Waals surface area contributed by atoms with Gasteiger partial charge < -0.3 is 10.1 Å². The maximum Gasteiger partial charge on any atom is 0.261 e. The van der Waals surface area contributed by atoms with E-state index in [9.17, 15) is 4.79 Å². The smallest absolute Gasteiger partial charge is 0.261 e. The number of hydrogen-bond acceptors (Lipinski definition) is 4. The van der Waals surface area contributed by atoms with Crippen molar-refractivity contribution in [3.63, 3.8) is 0 Å². The predicted octanol–water partition coefficient (Wildman–Crippen LogP) is 4.78. The summed E-state index contributed by atoms with van der Waals surface area (Å²) in [6.07, 6.45) is 1.59. The number of nitrogens with zero attached hydrogens (tertiary/aromatic N) is 2. The number of amides is 1. The monoisotopic (exact) mass is 409 g/mol. The molecule has 3 aromatic rings. The lowest BCUT2D eigenvalue weighted by atomic mass is 10.3. The van der Waals surface area contributed by atoms with E-state index in [1.165, 1.54) is 11.3 Å². The van der Waals surface area contributed by atoms with E-state index in [0.717, 1.165) is 17.0 Å². The van der Waals surface area contributed by atoms with Gasteiger partial charge in [0.15, 0.2) is 0 Å². The first-order valence-electron chi connectivity index (χ1n) is 8.01. The Morgan fingerprint density at radius 1 is 1.31 bits per heavy atom. The number of thiophene rings is 1. The summed E-state index contributed by atoms with van der Waals surface area (Å²) in [5.74, 6) is 0.585. The zero-order chi connectivity index (χ0) is 18.5. The van der Waals surface area contributed by atoms with Crippen molar-refractivity contribution in [1.29, 1.82) is 0 Å². The van der Waals surface area contributed by atoms with Crippen molar-refractivity contribution in [2.24, 2.45) is 0 Å². The molecule has 0 saturated carbocycles. The van der Waals surface area contributed by atoms with E-state index in [0.29, 0.717) is 34.6 Å². The molecule has 3 rings (SSSR count). The van der Waals surface area contributed by atoms with Gasteiger partial charge in [0.05, 0.1) is 28.3 Å². The van der Waals surface area contributed by atoms with Crippen LogP contribution in [-0.4, -0.2) is 15.7 Å². The minimum atomic E-state index is -0.146. The van der Waals surface area contributed by atoms with Gasteiger partial charge in [-0.3, -0.25) is 9.48 Å². The molecule has 2 heterocycles. The second-order valence-electron chi connectivity index (χ2n) is 5.50. The molecule has 0 aliphatic carbocycles. The molecule has 0 unspecified atom stereocenters. The molecule has 2 aromatic heterocycles. The van der Waals surface area contributed by atoms with E-state index in [1.807, 2.05) is 30.5 Å². The minimum Gasteiger partial charge on any atom is -0.489 e. The maximum absolute atomic E-state index is 12.3. The molecule has 26 heavy (non-hydrogen) atoms. The summed E-state index contributed by atoms with van der Waals surface area (Å²) in [5, 5.41) is 10.2. The van der Waals surface area contributed by atoms with Crippen LogP contribution in [0.1, 0.15) is 27.9 Å². The number of ether oxygens (including phenoxy) is 1. The third-order valence-corrected chi connectivity index (χ3v) is 5.26. The van der Waals surface area contributed by atoms with E-state index in [4.69, 9.17) is 27.9 Å². The lowest BCUT2D eigenvalue weighted by Gasteiger charge is -2.07. The van der Waals surface area contributed by atoms with Crippen molar-refractivity contribution in [2.75, 3.05) is 0 Å². The molecule has 1 amide bonds. The molecule has 0 fully saturated rings. The van der Waals surface area contributed by atoms with Gasteiger partial charge in [0.2, 0.25) is 0 Å². The molecule has 1 N–H and O–H groups in total. The Kier molecular flexibility index (Phi) is 6.19. The summed E-state index contributed by atoms with van der Waals surface area (Å²) in [4.78, 5) is 13.0. The van der Waals surface area contributed by atoms with Crippen LogP contribution in [0.3, 0.4) is 0 Å². The fourth-order valence-electron chi connectivity index (χ4n) is 2.36. The summed E-state index contributed by atoms with van der Waals surface area (Å²) in [6, 6.07) is 8.99. The fraction of sp³-hybridized carbons (Fsp3) is 0.222. The molecule has 1 aromatic carbocycles. The SMILES string of the molecule is CCn1ncc(Cl)c1CNC(=O)c1cc(COc2ccc(Cl)cc2)cs1. The molecule has 5 nitrogen and oxygen atoms in total. The van der Waals surface area contributed by atoms with Gasteiger partial charge in [0, 0.05) is 17.1 Å². The number of hydrogen-bond donors (Lipinski definition) is 1. The summed E-state index contributed by atoms with van der Waals surface area (Å²) >= 11 is 13.3. The van der Waals surface area contributed by atoms with Crippen LogP contribution in [0, 0.1) is 0 Å². The molecular weight excluding hydrogens is 393 g/mol. The van der Waals surface area contributed by atoms with Crippen molar-refractivity contribution in [3.8, 4) is 5.75 Å². The number of halogens is 2. The van der Waals surface area contributed by atoms with Gasteiger partial charge in [-0.25, -0.2) is 0 Å². The quantitative estimate of drug-likeness (QED) is 0.610. The van der Waals surface area contributed by atoms with Crippen molar-refractivity contribution >= 4 is 40.4 Å². The summed E-state index contributed by atoms with van der Waals surface area (Å²) in [5.41, 5.74) is 1.73. The van der Waals surface area contributed by atoms with E-state index in [2.05, 4.69) is 10.4 Å². The molecule has 8 heteroatoms. The average molecular weight is 410 g/mol. The Bertz CT molecular complexity index is 890. The normalized spacial score (nSPS) is 10.7. The third-order valence-electron chi connectivity index (χ3n) is 3.71. The van der Waals surface area contributed by atoms with E-state index >= 15 is 0 Å². The molecule has 0 atom stereocenters. The number of rotatable bonds is 7. The lowest BCUT2D eigenvalue weighted by molar-refractivity contribution is 0.0954. The van der Waals surface area contributed by atoms with Gasteiger partial charge in [-0.2, -0.15) is 5.10 Å². The van der Waals surface area contributed by atoms with Crippen LogP contribution in [-0.2, 0) is 19.7 Å². The van der Waals surface area contributed by atoms with Crippen molar-refractivity contribution in [1.82, 2.24) is 15.1 Å². The molecule has 0 saturated heterocycles. The molecule has 0 spiro atoms. The van der Waals surface area contributed by atoms with E-state index in [-0.39, 0.29) is 5.91 Å². The fourth-order valence-corrected chi connectivity index (χ4v) is 3.50. The summed E-state index contributed by atoms with van der Waals surface area (Å²) in [7, 11) is 0. The van der Waals surface area contributed by atoms with Crippen LogP contribution in [0.4, 0.5) is 0 Å². The van der Waals surface area contributed by atoms with Crippen LogP contribution in [0.15, 0.2) is 41.9 Å². The van der Waals surface area contributed by atoms with Gasteiger partial charge in [-0.1, -0.05) is 23.2 Å². The first-order valence-corrected chi connectivity index (χ1v) is 9.64. The molecule has 0 radical (unpaired) electrons. The number of nitrogens with one attached hydrogen (secondary N) is 1. The summed E-state index contributed by atoms with van der Waals surface area (Å²) < 4.78 is 7.46. The van der Waals surface area contributed by atoms with Gasteiger partial charge in [-0.15, -0.1) is 11.3 Å². The minimum absolute atomic E-state index is 0.146. The molecule has 0 aliphatic rings. The van der Waals surface area contributed by atoms with Crippen molar-refractivity contribution in [2.45, 2.75) is 26.6 Å². The highest BCUT2D eigenvalue weighted by Crippen LogP contribution is 2.20. The van der Waals surface area contributed by atoms with Gasteiger partial charge in [0.1, 0.15) is 12.4 Å². The third kappa shape index (κ3) is 4.58. The number of aryl methyl sites for hydroxylation is 1. The Hall–Kier alpha value is -2.02. The average Bonchev–Trinajstić information content (AvgIpc) is 3.26. The van der Waals surface area contributed by atoms with Crippen LogP contribution in [0.25, 0.3) is 0 Å². The van der Waals surface area contributed by atoms with Crippen LogP contribution < -0.4 is 10.1 Å². The first kappa shape index (κ1) is 18.8. The van der Waals surface area contributed by atoms with Crippen LogP contribution in [0.2, 0.25) is 10.0 Å². The van der Waals surface area contributed by atoms with Gasteiger partial charge >= 0.3 is 0 Å². The first-order chi connectivity index (χ1) is 12.6. The van der Waals surface area contributed by atoms with Crippen LogP contribution >= 0.6 is 34.5 Å². The van der Waals surface area contributed by atoms with Gasteiger partial charge in [-0.05, 0) is 42.6 Å². The zero-order valence-electron chi connectivity index (χ0n) is 14.0. The van der Waals surface area contributed by atoms with E-state index < -0.39 is 0 Å². The largest absolute Gasteiger partial charge is 0.489 e. The van der Waals surface area contributed by atoms with Crippen LogP contribution in [0.5, 0.6) is 5.75 Å². The van der Waals surface area contributed by atoms with Gasteiger partial charge in [0.25, 0.3) is 5.91 Å². The van der Waals surface area contributed by atoms with Crippen molar-refractivity contribution < 1.29 is 9.53 Å².